The fourth-order valence-electron chi connectivity index (χ4n) is 4.13. The lowest BCUT2D eigenvalue weighted by Crippen LogP contribution is -2.49. The van der Waals surface area contributed by atoms with E-state index in [9.17, 15) is 13.2 Å². The Balaban J connectivity index is 1.71. The lowest BCUT2D eigenvalue weighted by Gasteiger charge is -2.35. The molecule has 2 aliphatic heterocycles. The second kappa shape index (κ2) is 9.09. The van der Waals surface area contributed by atoms with Crippen LogP contribution in [0.4, 0.5) is 10.5 Å². The molecule has 0 radical (unpaired) electrons. The molecule has 0 N–H and O–H groups in total. The summed E-state index contributed by atoms with van der Waals surface area (Å²) in [5, 5.41) is 0. The maximum absolute atomic E-state index is 13.6. The third kappa shape index (κ3) is 4.32. The van der Waals surface area contributed by atoms with E-state index >= 15 is 0 Å². The Labute approximate surface area is 190 Å². The quantitative estimate of drug-likeness (QED) is 0.704. The first kappa shape index (κ1) is 22.6. The molecule has 9 heteroatoms. The number of hydrogen-bond acceptors (Lipinski definition) is 5. The number of carbonyl (C=O) groups is 1. The molecule has 172 valence electrons. The predicted octanol–water partition coefficient (Wildman–Crippen LogP) is 2.52. The summed E-state index contributed by atoms with van der Waals surface area (Å²) in [6.45, 7) is 4.50. The van der Waals surface area contributed by atoms with Gasteiger partial charge in [-0.05, 0) is 36.8 Å². The highest BCUT2D eigenvalue weighted by molar-refractivity contribution is 7.89. The van der Waals surface area contributed by atoms with Crippen LogP contribution in [-0.4, -0.2) is 82.0 Å². The zero-order valence-corrected chi connectivity index (χ0v) is 19.6. The van der Waals surface area contributed by atoms with Crippen LogP contribution in [0.2, 0.25) is 0 Å². The van der Waals surface area contributed by atoms with Gasteiger partial charge in [0.15, 0.2) is 0 Å². The van der Waals surface area contributed by atoms with Crippen molar-refractivity contribution in [1.82, 2.24) is 14.1 Å². The number of amides is 2. The van der Waals surface area contributed by atoms with E-state index in [1.54, 1.807) is 34.1 Å². The topological polar surface area (TPSA) is 73.4 Å². The van der Waals surface area contributed by atoms with E-state index < -0.39 is 16.2 Å². The average molecular weight is 459 g/mol. The average Bonchev–Trinajstić information content (AvgIpc) is 3.25. The Morgan fingerprint density at radius 2 is 1.56 bits per heavy atom. The first-order valence-electron chi connectivity index (χ1n) is 10.8. The number of benzene rings is 2. The summed E-state index contributed by atoms with van der Waals surface area (Å²) >= 11 is 0. The minimum atomic E-state index is -3.79. The Morgan fingerprint density at radius 1 is 0.938 bits per heavy atom. The monoisotopic (exact) mass is 458 g/mol. The molecule has 2 aromatic carbocycles. The Hall–Kier alpha value is -2.62. The van der Waals surface area contributed by atoms with E-state index in [0.717, 1.165) is 16.8 Å². The van der Waals surface area contributed by atoms with Gasteiger partial charge in [0.2, 0.25) is 10.0 Å². The third-order valence-electron chi connectivity index (χ3n) is 5.99. The van der Waals surface area contributed by atoms with Crippen molar-refractivity contribution in [2.45, 2.75) is 18.0 Å². The van der Waals surface area contributed by atoms with Crippen LogP contribution in [-0.2, 0) is 14.8 Å². The molecular weight excluding hydrogens is 428 g/mol. The minimum Gasteiger partial charge on any atom is -0.378 e. The summed E-state index contributed by atoms with van der Waals surface area (Å²) < 4.78 is 34.0. The van der Waals surface area contributed by atoms with E-state index in [4.69, 9.17) is 4.74 Å². The molecule has 2 fully saturated rings. The lowest BCUT2D eigenvalue weighted by atomic mass is 10.1. The molecule has 0 bridgehead atoms. The SMILES string of the molecule is Cc1ccc(S(=O)(=O)N2CCN(C(=O)N3CCOCC3)[C@H]2c2ccc(N(C)C)cc2)cc1. The zero-order chi connectivity index (χ0) is 22.9. The van der Waals surface area contributed by atoms with Crippen LogP contribution in [0.25, 0.3) is 0 Å². The van der Waals surface area contributed by atoms with Crippen molar-refractivity contribution in [1.29, 1.82) is 0 Å². The second-order valence-electron chi connectivity index (χ2n) is 8.36. The molecule has 8 nitrogen and oxygen atoms in total. The summed E-state index contributed by atoms with van der Waals surface area (Å²) in [5.41, 5.74) is 2.77. The van der Waals surface area contributed by atoms with Gasteiger partial charge in [-0.1, -0.05) is 29.8 Å². The summed E-state index contributed by atoms with van der Waals surface area (Å²) in [6, 6.07) is 14.4. The zero-order valence-electron chi connectivity index (χ0n) is 18.8. The van der Waals surface area contributed by atoms with Crippen LogP contribution >= 0.6 is 0 Å². The van der Waals surface area contributed by atoms with Gasteiger partial charge < -0.3 is 19.4 Å². The summed E-state index contributed by atoms with van der Waals surface area (Å²) in [6.07, 6.45) is -0.701. The van der Waals surface area contributed by atoms with Gasteiger partial charge in [0.1, 0.15) is 6.17 Å². The number of urea groups is 1. The number of rotatable bonds is 4. The Kier molecular flexibility index (Phi) is 6.41. The first-order valence-corrected chi connectivity index (χ1v) is 12.2. The van der Waals surface area contributed by atoms with E-state index in [1.165, 1.54) is 4.31 Å². The molecule has 0 unspecified atom stereocenters. The van der Waals surface area contributed by atoms with Crippen molar-refractivity contribution in [2.75, 3.05) is 58.4 Å². The number of sulfonamides is 1. The highest BCUT2D eigenvalue weighted by atomic mass is 32.2. The molecule has 2 aromatic rings. The van der Waals surface area contributed by atoms with Crippen LogP contribution in [0, 0.1) is 6.92 Å². The smallest absolute Gasteiger partial charge is 0.321 e. The molecule has 2 heterocycles. The van der Waals surface area contributed by atoms with Gasteiger partial charge in [-0.15, -0.1) is 0 Å². The number of carbonyl (C=O) groups excluding carboxylic acids is 1. The molecule has 1 atom stereocenters. The van der Waals surface area contributed by atoms with Crippen molar-refractivity contribution in [3.63, 3.8) is 0 Å². The molecule has 0 aromatic heterocycles. The highest BCUT2D eigenvalue weighted by Gasteiger charge is 2.44. The van der Waals surface area contributed by atoms with Crippen molar-refractivity contribution < 1.29 is 17.9 Å². The van der Waals surface area contributed by atoms with E-state index in [2.05, 4.69) is 0 Å². The summed E-state index contributed by atoms with van der Waals surface area (Å²) in [4.78, 5) is 19.0. The number of aryl methyl sites for hydroxylation is 1. The van der Waals surface area contributed by atoms with Crippen LogP contribution < -0.4 is 4.90 Å². The number of anilines is 1. The molecule has 2 aliphatic rings. The highest BCUT2D eigenvalue weighted by Crippen LogP contribution is 2.36. The first-order chi connectivity index (χ1) is 15.3. The lowest BCUT2D eigenvalue weighted by molar-refractivity contribution is 0.0400. The maximum atomic E-state index is 13.6. The van der Waals surface area contributed by atoms with Crippen molar-refractivity contribution in [2.24, 2.45) is 0 Å². The molecule has 0 aliphatic carbocycles. The molecule has 0 saturated carbocycles. The molecule has 2 saturated heterocycles. The van der Waals surface area contributed by atoms with Crippen LogP contribution in [0.15, 0.2) is 53.4 Å². The summed E-state index contributed by atoms with van der Waals surface area (Å²) in [7, 11) is 0.112. The van der Waals surface area contributed by atoms with Gasteiger partial charge in [0.25, 0.3) is 0 Å². The Morgan fingerprint density at radius 3 is 2.16 bits per heavy atom. The normalized spacial score (nSPS) is 19.9. The van der Waals surface area contributed by atoms with E-state index in [0.29, 0.717) is 32.8 Å². The fourth-order valence-corrected chi connectivity index (χ4v) is 5.70. The fraction of sp³-hybridized carbons (Fsp3) is 0.435. The van der Waals surface area contributed by atoms with Gasteiger partial charge in [0.05, 0.1) is 18.1 Å². The van der Waals surface area contributed by atoms with Crippen LogP contribution in [0.3, 0.4) is 0 Å². The van der Waals surface area contributed by atoms with Gasteiger partial charge in [0, 0.05) is 46.0 Å². The Bertz CT molecular complexity index is 1050. The number of nitrogens with zero attached hydrogens (tertiary/aromatic N) is 4. The van der Waals surface area contributed by atoms with Gasteiger partial charge in [-0.2, -0.15) is 4.31 Å². The van der Waals surface area contributed by atoms with E-state index in [-0.39, 0.29) is 17.5 Å². The standard InChI is InChI=1S/C23H30N4O4S/c1-18-4-10-21(11-5-18)32(29,30)27-13-12-26(23(28)25-14-16-31-17-15-25)22(27)19-6-8-20(9-7-19)24(2)3/h4-11,22H,12-17H2,1-3H3/t22-/m1/s1. The van der Waals surface area contributed by atoms with Gasteiger partial charge in [-0.25, -0.2) is 13.2 Å². The minimum absolute atomic E-state index is 0.156. The largest absolute Gasteiger partial charge is 0.378 e. The predicted molar refractivity (Wildman–Crippen MR) is 123 cm³/mol. The van der Waals surface area contributed by atoms with Crippen molar-refractivity contribution in [3.8, 4) is 0 Å². The summed E-state index contributed by atoms with van der Waals surface area (Å²) in [5.74, 6) is 0. The van der Waals surface area contributed by atoms with Crippen molar-refractivity contribution >= 4 is 21.7 Å². The molecule has 0 spiro atoms. The second-order valence-corrected chi connectivity index (χ2v) is 10.3. The molecule has 4 rings (SSSR count). The third-order valence-corrected chi connectivity index (χ3v) is 7.86. The maximum Gasteiger partial charge on any atom is 0.321 e. The number of hydrogen-bond donors (Lipinski definition) is 0. The van der Waals surface area contributed by atoms with Crippen LogP contribution in [0.1, 0.15) is 17.3 Å². The molecule has 32 heavy (non-hydrogen) atoms. The van der Waals surface area contributed by atoms with Crippen molar-refractivity contribution in [3.05, 3.63) is 59.7 Å². The van der Waals surface area contributed by atoms with Gasteiger partial charge >= 0.3 is 6.03 Å². The van der Waals surface area contributed by atoms with E-state index in [1.807, 2.05) is 50.2 Å². The molecule has 2 amide bonds. The van der Waals surface area contributed by atoms with Gasteiger partial charge in [-0.3, -0.25) is 0 Å². The molecular formula is C23H30N4O4S. The number of morpholine rings is 1. The van der Waals surface area contributed by atoms with Crippen LogP contribution in [0.5, 0.6) is 0 Å². The number of ether oxygens (including phenoxy) is 1.